The second-order valence-electron chi connectivity index (χ2n) is 6.19. The number of hydrogen-bond acceptors (Lipinski definition) is 2. The smallest absolute Gasteiger partial charge is 0.0628 e. The van der Waals surface area contributed by atoms with Crippen molar-refractivity contribution >= 4 is 0 Å². The number of hydrogen-bond donors (Lipinski definition) is 1. The van der Waals surface area contributed by atoms with E-state index in [1.54, 1.807) is 0 Å². The lowest BCUT2D eigenvalue weighted by Gasteiger charge is -2.32. The minimum Gasteiger partial charge on any atom is -0.314 e. The summed E-state index contributed by atoms with van der Waals surface area (Å²) in [5.41, 5.74) is 1.27. The molecule has 108 valence electrons. The summed E-state index contributed by atoms with van der Waals surface area (Å²) in [5.74, 6) is 0.774. The highest BCUT2D eigenvalue weighted by Crippen LogP contribution is 2.27. The first-order chi connectivity index (χ1) is 9.20. The van der Waals surface area contributed by atoms with Gasteiger partial charge in [-0.3, -0.25) is 4.68 Å². The first-order valence-electron chi connectivity index (χ1n) is 7.98. The summed E-state index contributed by atoms with van der Waals surface area (Å²) >= 11 is 0. The van der Waals surface area contributed by atoms with E-state index in [0.29, 0.717) is 12.1 Å². The standard InChI is InChI=1S/C16H29N3/c1-4-10-17-16-8-6-5-7-14(16)12-15-9-11-19(18-15)13(2)3/h9,11,13-14,16-17H,4-8,10,12H2,1-3H3. The van der Waals surface area contributed by atoms with Crippen LogP contribution in [0.3, 0.4) is 0 Å². The van der Waals surface area contributed by atoms with Crippen LogP contribution in [0.25, 0.3) is 0 Å². The maximum atomic E-state index is 4.71. The van der Waals surface area contributed by atoms with E-state index in [1.807, 2.05) is 0 Å². The molecule has 1 fully saturated rings. The molecule has 0 spiro atoms. The van der Waals surface area contributed by atoms with Crippen LogP contribution in [-0.4, -0.2) is 22.4 Å². The molecule has 1 N–H and O–H groups in total. The zero-order chi connectivity index (χ0) is 13.7. The predicted molar refractivity (Wildman–Crippen MR) is 80.4 cm³/mol. The Labute approximate surface area is 117 Å². The molecule has 0 amide bonds. The third-order valence-corrected chi connectivity index (χ3v) is 4.23. The predicted octanol–water partition coefficient (Wildman–Crippen LogP) is 3.56. The van der Waals surface area contributed by atoms with Crippen molar-refractivity contribution < 1.29 is 0 Å². The average Bonchev–Trinajstić information content (AvgIpc) is 2.86. The Morgan fingerprint density at radius 2 is 2.16 bits per heavy atom. The Balaban J connectivity index is 1.94. The Morgan fingerprint density at radius 3 is 2.84 bits per heavy atom. The van der Waals surface area contributed by atoms with Gasteiger partial charge < -0.3 is 5.32 Å². The fourth-order valence-electron chi connectivity index (χ4n) is 3.09. The summed E-state index contributed by atoms with van der Waals surface area (Å²) in [7, 11) is 0. The minimum atomic E-state index is 0.467. The third-order valence-electron chi connectivity index (χ3n) is 4.23. The van der Waals surface area contributed by atoms with Gasteiger partial charge in [-0.15, -0.1) is 0 Å². The van der Waals surface area contributed by atoms with E-state index in [0.717, 1.165) is 18.9 Å². The number of aromatic nitrogens is 2. The fourth-order valence-corrected chi connectivity index (χ4v) is 3.09. The molecule has 1 aromatic heterocycles. The second kappa shape index (κ2) is 7.09. The Morgan fingerprint density at radius 1 is 1.37 bits per heavy atom. The molecule has 1 aliphatic carbocycles. The highest BCUT2D eigenvalue weighted by molar-refractivity contribution is 5.02. The molecule has 2 unspecified atom stereocenters. The van der Waals surface area contributed by atoms with Crippen LogP contribution in [-0.2, 0) is 6.42 Å². The Bertz CT molecular complexity index is 370. The summed E-state index contributed by atoms with van der Waals surface area (Å²) in [6, 6.07) is 3.37. The van der Waals surface area contributed by atoms with E-state index in [2.05, 4.69) is 43.0 Å². The molecule has 19 heavy (non-hydrogen) atoms. The lowest BCUT2D eigenvalue weighted by Crippen LogP contribution is -2.39. The SMILES string of the molecule is CCCNC1CCCCC1Cc1ccn(C(C)C)n1. The highest BCUT2D eigenvalue weighted by Gasteiger charge is 2.25. The summed E-state index contributed by atoms with van der Waals surface area (Å²) in [6.07, 6.45) is 9.97. The first kappa shape index (κ1) is 14.6. The lowest BCUT2D eigenvalue weighted by atomic mass is 9.81. The Hall–Kier alpha value is -0.830. The van der Waals surface area contributed by atoms with Crippen molar-refractivity contribution in [2.75, 3.05) is 6.54 Å². The molecule has 0 aliphatic heterocycles. The molecule has 0 saturated heterocycles. The molecule has 3 nitrogen and oxygen atoms in total. The number of nitrogens with zero attached hydrogens (tertiary/aromatic N) is 2. The van der Waals surface area contributed by atoms with Crippen LogP contribution < -0.4 is 5.32 Å². The van der Waals surface area contributed by atoms with Crippen molar-refractivity contribution in [3.63, 3.8) is 0 Å². The van der Waals surface area contributed by atoms with E-state index in [-0.39, 0.29) is 0 Å². The maximum absolute atomic E-state index is 4.71. The van der Waals surface area contributed by atoms with Crippen molar-refractivity contribution in [3.8, 4) is 0 Å². The van der Waals surface area contributed by atoms with Gasteiger partial charge in [0.25, 0.3) is 0 Å². The summed E-state index contributed by atoms with van der Waals surface area (Å²) < 4.78 is 2.08. The van der Waals surface area contributed by atoms with Gasteiger partial charge in [0.15, 0.2) is 0 Å². The van der Waals surface area contributed by atoms with Crippen LogP contribution >= 0.6 is 0 Å². The number of nitrogens with one attached hydrogen (secondary N) is 1. The van der Waals surface area contributed by atoms with Crippen molar-refractivity contribution in [2.24, 2.45) is 5.92 Å². The molecular weight excluding hydrogens is 234 g/mol. The molecule has 2 atom stereocenters. The van der Waals surface area contributed by atoms with E-state index >= 15 is 0 Å². The van der Waals surface area contributed by atoms with E-state index in [1.165, 1.54) is 37.8 Å². The molecular formula is C16H29N3. The van der Waals surface area contributed by atoms with Crippen LogP contribution in [0.5, 0.6) is 0 Å². The van der Waals surface area contributed by atoms with E-state index in [9.17, 15) is 0 Å². The Kier molecular flexibility index (Phi) is 5.44. The van der Waals surface area contributed by atoms with Gasteiger partial charge in [-0.1, -0.05) is 19.8 Å². The highest BCUT2D eigenvalue weighted by atomic mass is 15.3. The topological polar surface area (TPSA) is 29.9 Å². The van der Waals surface area contributed by atoms with Crippen molar-refractivity contribution in [1.29, 1.82) is 0 Å². The normalized spacial score (nSPS) is 24.0. The molecule has 2 rings (SSSR count). The van der Waals surface area contributed by atoms with Gasteiger partial charge in [-0.05, 0) is 58.1 Å². The quantitative estimate of drug-likeness (QED) is 0.850. The molecule has 0 aromatic carbocycles. The minimum absolute atomic E-state index is 0.467. The molecule has 0 bridgehead atoms. The molecule has 1 aliphatic rings. The van der Waals surface area contributed by atoms with Crippen LogP contribution in [0.1, 0.15) is 64.6 Å². The van der Waals surface area contributed by atoms with Gasteiger partial charge in [0, 0.05) is 18.3 Å². The monoisotopic (exact) mass is 263 g/mol. The first-order valence-corrected chi connectivity index (χ1v) is 7.98. The van der Waals surface area contributed by atoms with Gasteiger partial charge in [0.2, 0.25) is 0 Å². The third kappa shape index (κ3) is 4.07. The van der Waals surface area contributed by atoms with Crippen LogP contribution in [0, 0.1) is 5.92 Å². The van der Waals surface area contributed by atoms with Crippen LogP contribution in [0.2, 0.25) is 0 Å². The molecule has 3 heteroatoms. The average molecular weight is 263 g/mol. The van der Waals surface area contributed by atoms with Gasteiger partial charge >= 0.3 is 0 Å². The summed E-state index contributed by atoms with van der Waals surface area (Å²) in [4.78, 5) is 0. The molecule has 0 radical (unpaired) electrons. The van der Waals surface area contributed by atoms with Gasteiger partial charge in [-0.25, -0.2) is 0 Å². The van der Waals surface area contributed by atoms with Crippen molar-refractivity contribution in [1.82, 2.24) is 15.1 Å². The zero-order valence-electron chi connectivity index (χ0n) is 12.7. The van der Waals surface area contributed by atoms with Gasteiger partial charge in [-0.2, -0.15) is 5.10 Å². The number of rotatable bonds is 6. The zero-order valence-corrected chi connectivity index (χ0v) is 12.7. The van der Waals surface area contributed by atoms with Crippen molar-refractivity contribution in [2.45, 2.75) is 71.4 Å². The van der Waals surface area contributed by atoms with Crippen LogP contribution in [0.4, 0.5) is 0 Å². The largest absolute Gasteiger partial charge is 0.314 e. The maximum Gasteiger partial charge on any atom is 0.0628 e. The van der Waals surface area contributed by atoms with E-state index in [4.69, 9.17) is 5.10 Å². The fraction of sp³-hybridized carbons (Fsp3) is 0.812. The molecule has 1 saturated carbocycles. The molecule has 1 aromatic rings. The lowest BCUT2D eigenvalue weighted by molar-refractivity contribution is 0.259. The van der Waals surface area contributed by atoms with Crippen molar-refractivity contribution in [3.05, 3.63) is 18.0 Å². The van der Waals surface area contributed by atoms with E-state index < -0.39 is 0 Å². The van der Waals surface area contributed by atoms with Crippen LogP contribution in [0.15, 0.2) is 12.3 Å². The second-order valence-corrected chi connectivity index (χ2v) is 6.19. The summed E-state index contributed by atoms with van der Waals surface area (Å²) in [6.45, 7) is 7.77. The van der Waals surface area contributed by atoms with Gasteiger partial charge in [0.1, 0.15) is 0 Å². The summed E-state index contributed by atoms with van der Waals surface area (Å²) in [5, 5.41) is 8.44. The molecule has 1 heterocycles. The van der Waals surface area contributed by atoms with Gasteiger partial charge in [0.05, 0.1) is 5.69 Å².